The van der Waals surface area contributed by atoms with E-state index in [0.29, 0.717) is 22.0 Å². The van der Waals surface area contributed by atoms with Crippen molar-refractivity contribution in [2.45, 2.75) is 6.92 Å². The number of para-hydroxylation sites is 1. The third-order valence-corrected chi connectivity index (χ3v) is 3.53. The Labute approximate surface area is 144 Å². The summed E-state index contributed by atoms with van der Waals surface area (Å²) in [7, 11) is 1.50. The zero-order chi connectivity index (χ0) is 17.0. The van der Waals surface area contributed by atoms with Gasteiger partial charge in [0.1, 0.15) is 11.5 Å². The van der Waals surface area contributed by atoms with E-state index >= 15 is 0 Å². The molecule has 1 amide bonds. The van der Waals surface area contributed by atoms with Crippen molar-refractivity contribution in [2.24, 2.45) is 0 Å². The SMILES string of the molecule is COc1c(C)cccc1C(=O)NC(=S)Nc1cc(Cl)ccc1O. The smallest absolute Gasteiger partial charge is 0.261 e. The fourth-order valence-electron chi connectivity index (χ4n) is 2.03. The van der Waals surface area contributed by atoms with E-state index in [9.17, 15) is 9.90 Å². The molecule has 0 unspecified atom stereocenters. The highest BCUT2D eigenvalue weighted by atomic mass is 35.5. The van der Waals surface area contributed by atoms with E-state index in [2.05, 4.69) is 10.6 Å². The Morgan fingerprint density at radius 2 is 2.04 bits per heavy atom. The van der Waals surface area contributed by atoms with Gasteiger partial charge in [0.15, 0.2) is 5.11 Å². The monoisotopic (exact) mass is 350 g/mol. The quantitative estimate of drug-likeness (QED) is 0.584. The summed E-state index contributed by atoms with van der Waals surface area (Å²) in [5.41, 5.74) is 1.51. The second kappa shape index (κ2) is 7.30. The molecule has 5 nitrogen and oxygen atoms in total. The fourth-order valence-corrected chi connectivity index (χ4v) is 2.41. The molecule has 0 fully saturated rings. The second-order valence-corrected chi connectivity index (χ2v) is 5.57. The van der Waals surface area contributed by atoms with Crippen LogP contribution in [0.4, 0.5) is 5.69 Å². The van der Waals surface area contributed by atoms with Crippen molar-refractivity contribution in [1.82, 2.24) is 5.32 Å². The first-order chi connectivity index (χ1) is 10.9. The highest BCUT2D eigenvalue weighted by Gasteiger charge is 2.15. The lowest BCUT2D eigenvalue weighted by Crippen LogP contribution is -2.34. The van der Waals surface area contributed by atoms with E-state index in [4.69, 9.17) is 28.6 Å². The maximum Gasteiger partial charge on any atom is 0.261 e. The number of aromatic hydroxyl groups is 1. The molecule has 0 atom stereocenters. The summed E-state index contributed by atoms with van der Waals surface area (Å²) in [6.45, 7) is 1.84. The summed E-state index contributed by atoms with van der Waals surface area (Å²) in [6.07, 6.45) is 0. The number of nitrogens with one attached hydrogen (secondary N) is 2. The standard InChI is InChI=1S/C16H15ClN2O3S/c1-9-4-3-5-11(14(9)22-2)15(21)19-16(23)18-12-8-10(17)6-7-13(12)20/h3-8,20H,1-2H3,(H2,18,19,21,23). The molecular weight excluding hydrogens is 336 g/mol. The molecule has 0 saturated carbocycles. The van der Waals surface area contributed by atoms with Crippen molar-refractivity contribution in [3.05, 3.63) is 52.5 Å². The zero-order valence-electron chi connectivity index (χ0n) is 12.5. The third kappa shape index (κ3) is 4.12. The molecule has 2 rings (SSSR count). The minimum atomic E-state index is -0.412. The molecule has 0 aliphatic heterocycles. The van der Waals surface area contributed by atoms with Crippen molar-refractivity contribution < 1.29 is 14.6 Å². The Kier molecular flexibility index (Phi) is 5.41. The summed E-state index contributed by atoms with van der Waals surface area (Å²) < 4.78 is 5.25. The average Bonchev–Trinajstić information content (AvgIpc) is 2.50. The van der Waals surface area contributed by atoms with Gasteiger partial charge >= 0.3 is 0 Å². The molecule has 0 aliphatic carbocycles. The van der Waals surface area contributed by atoms with Crippen LogP contribution in [0.2, 0.25) is 5.02 Å². The minimum Gasteiger partial charge on any atom is -0.506 e. The number of methoxy groups -OCH3 is 1. The van der Waals surface area contributed by atoms with Crippen LogP contribution in [0.3, 0.4) is 0 Å². The highest BCUT2D eigenvalue weighted by Crippen LogP contribution is 2.26. The van der Waals surface area contributed by atoms with Crippen molar-refractivity contribution in [1.29, 1.82) is 0 Å². The van der Waals surface area contributed by atoms with E-state index in [0.717, 1.165) is 5.56 Å². The first-order valence-corrected chi connectivity index (χ1v) is 7.45. The largest absolute Gasteiger partial charge is 0.506 e. The number of amides is 1. The number of benzene rings is 2. The Balaban J connectivity index is 2.13. The van der Waals surface area contributed by atoms with Crippen LogP contribution >= 0.6 is 23.8 Å². The molecular formula is C16H15ClN2O3S. The lowest BCUT2D eigenvalue weighted by Gasteiger charge is -2.13. The number of carbonyl (C=O) groups is 1. The average molecular weight is 351 g/mol. The van der Waals surface area contributed by atoms with Gasteiger partial charge in [-0.1, -0.05) is 23.7 Å². The maximum atomic E-state index is 12.3. The van der Waals surface area contributed by atoms with Gasteiger partial charge in [-0.15, -0.1) is 0 Å². The second-order valence-electron chi connectivity index (χ2n) is 4.73. The number of hydrogen-bond donors (Lipinski definition) is 3. The molecule has 2 aromatic carbocycles. The lowest BCUT2D eigenvalue weighted by molar-refractivity contribution is 0.0974. The first-order valence-electron chi connectivity index (χ1n) is 6.67. The van der Waals surface area contributed by atoms with Crippen LogP contribution in [0.5, 0.6) is 11.5 Å². The van der Waals surface area contributed by atoms with Gasteiger partial charge in [-0.3, -0.25) is 10.1 Å². The number of phenolic OH excluding ortho intramolecular Hbond substituents is 1. The molecule has 0 saturated heterocycles. The van der Waals surface area contributed by atoms with Gasteiger partial charge in [0.05, 0.1) is 18.4 Å². The number of carbonyl (C=O) groups excluding carboxylic acids is 1. The van der Waals surface area contributed by atoms with E-state index in [1.807, 2.05) is 13.0 Å². The topological polar surface area (TPSA) is 70.6 Å². The Morgan fingerprint density at radius 1 is 1.30 bits per heavy atom. The van der Waals surface area contributed by atoms with Crippen LogP contribution in [0.25, 0.3) is 0 Å². The van der Waals surface area contributed by atoms with Crippen molar-refractivity contribution in [3.8, 4) is 11.5 Å². The normalized spacial score (nSPS) is 10.0. The van der Waals surface area contributed by atoms with E-state index in [1.54, 1.807) is 18.2 Å². The van der Waals surface area contributed by atoms with Crippen molar-refractivity contribution in [3.63, 3.8) is 0 Å². The summed E-state index contributed by atoms with van der Waals surface area (Å²) >= 11 is 11.0. The van der Waals surface area contributed by atoms with Crippen LogP contribution < -0.4 is 15.4 Å². The van der Waals surface area contributed by atoms with Crippen LogP contribution in [-0.2, 0) is 0 Å². The van der Waals surface area contributed by atoms with Crippen LogP contribution in [-0.4, -0.2) is 23.2 Å². The summed E-state index contributed by atoms with van der Waals surface area (Å²) in [5, 5.41) is 15.5. The molecule has 0 aromatic heterocycles. The Bertz CT molecular complexity index is 765. The maximum absolute atomic E-state index is 12.3. The fraction of sp³-hybridized carbons (Fsp3) is 0.125. The number of hydrogen-bond acceptors (Lipinski definition) is 4. The zero-order valence-corrected chi connectivity index (χ0v) is 14.1. The number of halogens is 1. The predicted octanol–water partition coefficient (Wildman–Crippen LogP) is 3.49. The first kappa shape index (κ1) is 17.1. The van der Waals surface area contributed by atoms with Gasteiger partial charge in [0.25, 0.3) is 5.91 Å². The lowest BCUT2D eigenvalue weighted by atomic mass is 10.1. The number of ether oxygens (including phenoxy) is 1. The van der Waals surface area contributed by atoms with E-state index in [1.165, 1.54) is 19.2 Å². The van der Waals surface area contributed by atoms with Crippen LogP contribution in [0.15, 0.2) is 36.4 Å². The van der Waals surface area contributed by atoms with Gasteiger partial charge in [-0.05, 0) is 49.0 Å². The van der Waals surface area contributed by atoms with Crippen molar-refractivity contribution in [2.75, 3.05) is 12.4 Å². The third-order valence-electron chi connectivity index (χ3n) is 3.09. The number of anilines is 1. The summed E-state index contributed by atoms with van der Waals surface area (Å²) in [5.74, 6) is 0.0436. The number of thiocarbonyl (C=S) groups is 1. The van der Waals surface area contributed by atoms with Gasteiger partial charge in [0, 0.05) is 5.02 Å². The summed E-state index contributed by atoms with van der Waals surface area (Å²) in [6, 6.07) is 9.71. The van der Waals surface area contributed by atoms with E-state index in [-0.39, 0.29) is 10.9 Å². The molecule has 0 aliphatic rings. The van der Waals surface area contributed by atoms with Gasteiger partial charge in [-0.25, -0.2) is 0 Å². The van der Waals surface area contributed by atoms with Gasteiger partial charge < -0.3 is 15.2 Å². The molecule has 0 radical (unpaired) electrons. The highest BCUT2D eigenvalue weighted by molar-refractivity contribution is 7.80. The van der Waals surface area contributed by atoms with Gasteiger partial charge in [-0.2, -0.15) is 0 Å². The molecule has 0 heterocycles. The minimum absolute atomic E-state index is 0.0286. The molecule has 0 bridgehead atoms. The van der Waals surface area contributed by atoms with Crippen LogP contribution in [0.1, 0.15) is 15.9 Å². The molecule has 0 spiro atoms. The van der Waals surface area contributed by atoms with Crippen LogP contribution in [0, 0.1) is 6.92 Å². The number of rotatable bonds is 3. The number of phenols is 1. The van der Waals surface area contributed by atoms with E-state index < -0.39 is 5.91 Å². The molecule has 3 N–H and O–H groups in total. The molecule has 2 aromatic rings. The Morgan fingerprint density at radius 3 is 2.74 bits per heavy atom. The predicted molar refractivity (Wildman–Crippen MR) is 94.5 cm³/mol. The molecule has 7 heteroatoms. The number of aryl methyl sites for hydroxylation is 1. The molecule has 23 heavy (non-hydrogen) atoms. The van der Waals surface area contributed by atoms with Gasteiger partial charge in [0.2, 0.25) is 0 Å². The van der Waals surface area contributed by atoms with Crippen molar-refractivity contribution >= 4 is 40.5 Å². The Hall–Kier alpha value is -2.31. The molecule has 120 valence electrons. The summed E-state index contributed by atoms with van der Waals surface area (Å²) in [4.78, 5) is 12.3.